The molecule has 94 valence electrons. The summed E-state index contributed by atoms with van der Waals surface area (Å²) in [5.74, 6) is 1.05. The normalized spacial score (nSPS) is 15.9. The van der Waals surface area contributed by atoms with Crippen LogP contribution in [0.15, 0.2) is 30.5 Å². The largest absolute Gasteiger partial charge is 0.354 e. The molecule has 1 aliphatic rings. The molecular weight excluding hydrogens is 226 g/mol. The molecular formula is C13H17N5. The molecule has 0 atom stereocenters. The van der Waals surface area contributed by atoms with Gasteiger partial charge in [-0.15, -0.1) is 0 Å². The highest BCUT2D eigenvalue weighted by Crippen LogP contribution is 2.19. The highest BCUT2D eigenvalue weighted by molar-refractivity contribution is 5.57. The van der Waals surface area contributed by atoms with Gasteiger partial charge in [0.1, 0.15) is 5.82 Å². The number of aromatic nitrogens is 3. The number of nitrogens with one attached hydrogen (secondary N) is 1. The molecule has 0 radical (unpaired) electrons. The van der Waals surface area contributed by atoms with Crippen LogP contribution in [0.3, 0.4) is 0 Å². The van der Waals surface area contributed by atoms with Crippen LogP contribution >= 0.6 is 0 Å². The van der Waals surface area contributed by atoms with Crippen LogP contribution in [-0.4, -0.2) is 40.9 Å². The van der Waals surface area contributed by atoms with E-state index in [1.54, 1.807) is 6.20 Å². The van der Waals surface area contributed by atoms with E-state index in [0.717, 1.165) is 43.4 Å². The van der Waals surface area contributed by atoms with Gasteiger partial charge in [-0.25, -0.2) is 4.98 Å². The zero-order valence-electron chi connectivity index (χ0n) is 10.5. The molecule has 0 amide bonds. The van der Waals surface area contributed by atoms with Crippen molar-refractivity contribution in [2.45, 2.75) is 0 Å². The standard InChI is InChI=1S/C13H17N5/c1-17-12(5-6-15-17)11-3-2-4-13(16-11)18-9-7-14-8-10-18/h2-6,14H,7-10H2,1H3. The van der Waals surface area contributed by atoms with Crippen molar-refractivity contribution in [3.8, 4) is 11.4 Å². The number of nitrogens with zero attached hydrogens (tertiary/aromatic N) is 4. The quantitative estimate of drug-likeness (QED) is 0.851. The third kappa shape index (κ3) is 2.09. The summed E-state index contributed by atoms with van der Waals surface area (Å²) < 4.78 is 1.85. The molecule has 2 aromatic heterocycles. The van der Waals surface area contributed by atoms with Crippen LogP contribution < -0.4 is 10.2 Å². The topological polar surface area (TPSA) is 46.0 Å². The van der Waals surface area contributed by atoms with E-state index in [1.165, 1.54) is 0 Å². The second-order valence-electron chi connectivity index (χ2n) is 4.46. The Hall–Kier alpha value is -1.88. The number of hydrogen-bond donors (Lipinski definition) is 1. The van der Waals surface area contributed by atoms with Gasteiger partial charge in [-0.05, 0) is 18.2 Å². The van der Waals surface area contributed by atoms with E-state index >= 15 is 0 Å². The fourth-order valence-corrected chi connectivity index (χ4v) is 2.26. The van der Waals surface area contributed by atoms with Crippen molar-refractivity contribution in [2.75, 3.05) is 31.1 Å². The van der Waals surface area contributed by atoms with Crippen LogP contribution in [0.1, 0.15) is 0 Å². The van der Waals surface area contributed by atoms with E-state index in [-0.39, 0.29) is 0 Å². The molecule has 3 heterocycles. The summed E-state index contributed by atoms with van der Waals surface area (Å²) >= 11 is 0. The zero-order chi connectivity index (χ0) is 12.4. The Morgan fingerprint density at radius 3 is 2.72 bits per heavy atom. The molecule has 1 N–H and O–H groups in total. The SMILES string of the molecule is Cn1nccc1-c1cccc(N2CCNCC2)n1. The van der Waals surface area contributed by atoms with Crippen LogP contribution in [0.2, 0.25) is 0 Å². The van der Waals surface area contributed by atoms with Crippen LogP contribution in [-0.2, 0) is 7.05 Å². The van der Waals surface area contributed by atoms with Gasteiger partial charge in [-0.1, -0.05) is 6.07 Å². The summed E-state index contributed by atoms with van der Waals surface area (Å²) in [5, 5.41) is 7.54. The fraction of sp³-hybridized carbons (Fsp3) is 0.385. The fourth-order valence-electron chi connectivity index (χ4n) is 2.26. The van der Waals surface area contributed by atoms with Gasteiger partial charge in [0.25, 0.3) is 0 Å². The third-order valence-corrected chi connectivity index (χ3v) is 3.26. The van der Waals surface area contributed by atoms with Crippen LogP contribution in [0.25, 0.3) is 11.4 Å². The minimum atomic E-state index is 0.978. The second kappa shape index (κ2) is 4.78. The van der Waals surface area contributed by atoms with Gasteiger partial charge in [-0.3, -0.25) is 4.68 Å². The molecule has 1 fully saturated rings. The Labute approximate surface area is 106 Å². The summed E-state index contributed by atoms with van der Waals surface area (Å²) in [6, 6.07) is 8.16. The van der Waals surface area contributed by atoms with Crippen LogP contribution in [0.5, 0.6) is 0 Å². The Bertz CT molecular complexity index is 528. The molecule has 0 bridgehead atoms. The molecule has 0 aliphatic carbocycles. The van der Waals surface area contributed by atoms with Crippen molar-refractivity contribution in [2.24, 2.45) is 7.05 Å². The van der Waals surface area contributed by atoms with Gasteiger partial charge in [0.15, 0.2) is 0 Å². The van der Waals surface area contributed by atoms with E-state index in [2.05, 4.69) is 27.4 Å². The average molecular weight is 243 g/mol. The van der Waals surface area contributed by atoms with E-state index in [4.69, 9.17) is 4.98 Å². The number of anilines is 1. The van der Waals surface area contributed by atoms with Gasteiger partial charge >= 0.3 is 0 Å². The molecule has 0 spiro atoms. The maximum absolute atomic E-state index is 4.74. The maximum atomic E-state index is 4.74. The maximum Gasteiger partial charge on any atom is 0.129 e. The molecule has 18 heavy (non-hydrogen) atoms. The highest BCUT2D eigenvalue weighted by Gasteiger charge is 2.12. The van der Waals surface area contributed by atoms with Crippen molar-refractivity contribution in [3.63, 3.8) is 0 Å². The highest BCUT2D eigenvalue weighted by atomic mass is 15.3. The predicted molar refractivity (Wildman–Crippen MR) is 71.5 cm³/mol. The average Bonchev–Trinajstić information content (AvgIpc) is 2.86. The number of rotatable bonds is 2. The zero-order valence-corrected chi connectivity index (χ0v) is 10.5. The number of hydrogen-bond acceptors (Lipinski definition) is 4. The summed E-state index contributed by atoms with van der Waals surface area (Å²) in [4.78, 5) is 7.05. The monoisotopic (exact) mass is 243 g/mol. The van der Waals surface area contributed by atoms with Crippen molar-refractivity contribution in [3.05, 3.63) is 30.5 Å². The first-order valence-electron chi connectivity index (χ1n) is 6.26. The summed E-state index contributed by atoms with van der Waals surface area (Å²) in [5.41, 5.74) is 2.03. The van der Waals surface area contributed by atoms with Gasteiger partial charge in [0.05, 0.1) is 11.4 Å². The Balaban J connectivity index is 1.91. The van der Waals surface area contributed by atoms with Crippen molar-refractivity contribution >= 4 is 5.82 Å². The van der Waals surface area contributed by atoms with E-state index < -0.39 is 0 Å². The third-order valence-electron chi connectivity index (χ3n) is 3.26. The van der Waals surface area contributed by atoms with E-state index in [9.17, 15) is 0 Å². The smallest absolute Gasteiger partial charge is 0.129 e. The molecule has 1 aliphatic heterocycles. The molecule has 3 rings (SSSR count). The summed E-state index contributed by atoms with van der Waals surface area (Å²) in [6.45, 7) is 4.08. The molecule has 0 unspecified atom stereocenters. The molecule has 0 aromatic carbocycles. The lowest BCUT2D eigenvalue weighted by atomic mass is 10.2. The van der Waals surface area contributed by atoms with Crippen LogP contribution in [0.4, 0.5) is 5.82 Å². The lowest BCUT2D eigenvalue weighted by Crippen LogP contribution is -2.43. The van der Waals surface area contributed by atoms with Crippen molar-refractivity contribution < 1.29 is 0 Å². The lowest BCUT2D eigenvalue weighted by Gasteiger charge is -2.28. The first-order chi connectivity index (χ1) is 8.84. The van der Waals surface area contributed by atoms with E-state index in [1.807, 2.05) is 23.9 Å². The molecule has 1 saturated heterocycles. The van der Waals surface area contributed by atoms with Gasteiger partial charge < -0.3 is 10.2 Å². The Morgan fingerprint density at radius 2 is 2.00 bits per heavy atom. The van der Waals surface area contributed by atoms with Gasteiger partial charge in [-0.2, -0.15) is 5.10 Å². The van der Waals surface area contributed by atoms with Crippen LogP contribution in [0, 0.1) is 0 Å². The van der Waals surface area contributed by atoms with Crippen molar-refractivity contribution in [1.82, 2.24) is 20.1 Å². The van der Waals surface area contributed by atoms with Gasteiger partial charge in [0.2, 0.25) is 0 Å². The second-order valence-corrected chi connectivity index (χ2v) is 4.46. The molecule has 5 heteroatoms. The number of aryl methyl sites for hydroxylation is 1. The first-order valence-corrected chi connectivity index (χ1v) is 6.26. The van der Waals surface area contributed by atoms with E-state index in [0.29, 0.717) is 0 Å². The Morgan fingerprint density at radius 1 is 1.17 bits per heavy atom. The summed E-state index contributed by atoms with van der Waals surface area (Å²) in [7, 11) is 1.94. The number of piperazine rings is 1. The molecule has 0 saturated carbocycles. The molecule has 5 nitrogen and oxygen atoms in total. The number of pyridine rings is 1. The molecule has 2 aromatic rings. The lowest BCUT2D eigenvalue weighted by molar-refractivity contribution is 0.585. The van der Waals surface area contributed by atoms with Crippen molar-refractivity contribution in [1.29, 1.82) is 0 Å². The van der Waals surface area contributed by atoms with Gasteiger partial charge in [0, 0.05) is 39.4 Å². The summed E-state index contributed by atoms with van der Waals surface area (Å²) in [6.07, 6.45) is 1.80. The predicted octanol–water partition coefficient (Wildman–Crippen LogP) is 0.892. The first kappa shape index (κ1) is 11.2. The Kier molecular flexibility index (Phi) is 2.98. The minimum absolute atomic E-state index is 0.978. The minimum Gasteiger partial charge on any atom is -0.354 e.